The number of ether oxygens (including phenoxy) is 1. The van der Waals surface area contributed by atoms with Crippen LogP contribution in [-0.2, 0) is 4.74 Å². The van der Waals surface area contributed by atoms with Gasteiger partial charge in [-0.3, -0.25) is 4.79 Å². The first-order valence-electron chi connectivity index (χ1n) is 10.1. The van der Waals surface area contributed by atoms with E-state index >= 15 is 0 Å². The lowest BCUT2D eigenvalue weighted by Crippen LogP contribution is -2.16. The molecule has 0 bridgehead atoms. The molecule has 1 N–H and O–H groups in total. The average molecular weight is 429 g/mol. The largest absolute Gasteiger partial charge is 0.465 e. The second-order valence-electron chi connectivity index (χ2n) is 7.50. The molecule has 0 radical (unpaired) electrons. The minimum Gasteiger partial charge on any atom is -0.465 e. The van der Waals surface area contributed by atoms with E-state index in [0.717, 1.165) is 33.6 Å². The van der Waals surface area contributed by atoms with Crippen molar-refractivity contribution in [1.82, 2.24) is 9.99 Å². The summed E-state index contributed by atoms with van der Waals surface area (Å²) in [4.78, 5) is 24.4. The molecular weight excluding hydrogens is 406 g/mol. The van der Waals surface area contributed by atoms with E-state index in [0.29, 0.717) is 11.1 Å². The molecule has 7 nitrogen and oxygen atoms in total. The number of carbonyl (C=O) groups excluding carboxylic acids is 2. The van der Waals surface area contributed by atoms with Crippen molar-refractivity contribution in [3.8, 4) is 5.69 Å². The predicted octanol–water partition coefficient (Wildman–Crippen LogP) is 4.70. The van der Waals surface area contributed by atoms with Gasteiger partial charge in [0, 0.05) is 28.0 Å². The number of methoxy groups -OCH3 is 1. The molecule has 7 heteroatoms. The molecule has 1 amide bonds. The molecule has 0 saturated carbocycles. The van der Waals surface area contributed by atoms with Crippen molar-refractivity contribution in [2.45, 2.75) is 20.8 Å². The number of hydrazone groups is 1. The van der Waals surface area contributed by atoms with Crippen LogP contribution in [-0.4, -0.2) is 29.8 Å². The highest BCUT2D eigenvalue weighted by molar-refractivity contribution is 5.96. The maximum atomic E-state index is 12.4. The van der Waals surface area contributed by atoms with Crippen molar-refractivity contribution in [2.75, 3.05) is 7.11 Å². The van der Waals surface area contributed by atoms with E-state index in [4.69, 9.17) is 9.15 Å². The lowest BCUT2D eigenvalue weighted by Gasteiger charge is -2.14. The number of carbonyl (C=O) groups is 2. The van der Waals surface area contributed by atoms with Gasteiger partial charge in [-0.1, -0.05) is 24.3 Å². The second kappa shape index (κ2) is 8.55. The number of para-hydroxylation sites is 1. The molecule has 2 heterocycles. The summed E-state index contributed by atoms with van der Waals surface area (Å²) in [7, 11) is 1.36. The summed E-state index contributed by atoms with van der Waals surface area (Å²) in [5.41, 5.74) is 8.28. The molecule has 0 unspecified atom stereocenters. The first-order valence-corrected chi connectivity index (χ1v) is 10.1. The Hall–Kier alpha value is -4.13. The molecule has 4 aromatic rings. The molecular formula is C25H23N3O4. The second-order valence-corrected chi connectivity index (χ2v) is 7.50. The SMILES string of the molecule is COC(=O)c1ccc(C)c(-n2c(C)cc(/C=N/NC(=O)c3cc4ccccc4o3)c2C)c1. The Bertz CT molecular complexity index is 1330. The molecule has 0 spiro atoms. The van der Waals surface area contributed by atoms with E-state index in [9.17, 15) is 9.59 Å². The lowest BCUT2D eigenvalue weighted by atomic mass is 10.1. The third-order valence-corrected chi connectivity index (χ3v) is 5.36. The Morgan fingerprint density at radius 1 is 1.06 bits per heavy atom. The van der Waals surface area contributed by atoms with Crippen LogP contribution < -0.4 is 5.43 Å². The van der Waals surface area contributed by atoms with Crippen LogP contribution in [0.2, 0.25) is 0 Å². The summed E-state index contributed by atoms with van der Waals surface area (Å²) in [5, 5.41) is 4.96. The van der Waals surface area contributed by atoms with Gasteiger partial charge >= 0.3 is 11.9 Å². The van der Waals surface area contributed by atoms with Crippen LogP contribution in [0.25, 0.3) is 16.7 Å². The maximum Gasteiger partial charge on any atom is 0.337 e. The van der Waals surface area contributed by atoms with Crippen LogP contribution in [0.5, 0.6) is 0 Å². The zero-order chi connectivity index (χ0) is 22.8. The Labute approximate surface area is 185 Å². The lowest BCUT2D eigenvalue weighted by molar-refractivity contribution is 0.0600. The van der Waals surface area contributed by atoms with Gasteiger partial charge in [0.15, 0.2) is 5.76 Å². The van der Waals surface area contributed by atoms with E-state index in [1.54, 1.807) is 24.4 Å². The van der Waals surface area contributed by atoms with E-state index in [-0.39, 0.29) is 11.7 Å². The number of fused-ring (bicyclic) bond motifs is 1. The minimum atomic E-state index is -0.423. The van der Waals surface area contributed by atoms with Gasteiger partial charge in [-0.05, 0) is 56.7 Å². The number of nitrogens with zero attached hydrogens (tertiary/aromatic N) is 2. The molecule has 0 atom stereocenters. The normalized spacial score (nSPS) is 11.2. The number of hydrogen-bond donors (Lipinski definition) is 1. The first kappa shape index (κ1) is 21.1. The number of benzene rings is 2. The molecule has 162 valence electrons. The highest BCUT2D eigenvalue weighted by atomic mass is 16.5. The van der Waals surface area contributed by atoms with Gasteiger partial charge in [0.2, 0.25) is 0 Å². The summed E-state index contributed by atoms with van der Waals surface area (Å²) in [6, 6.07) is 16.5. The number of amides is 1. The van der Waals surface area contributed by atoms with Gasteiger partial charge in [-0.25, -0.2) is 10.2 Å². The topological polar surface area (TPSA) is 85.8 Å². The highest BCUT2D eigenvalue weighted by Gasteiger charge is 2.15. The molecule has 0 aliphatic rings. The number of hydrogen-bond acceptors (Lipinski definition) is 5. The molecule has 32 heavy (non-hydrogen) atoms. The molecule has 0 aliphatic heterocycles. The van der Waals surface area contributed by atoms with Crippen molar-refractivity contribution in [2.24, 2.45) is 5.10 Å². The Morgan fingerprint density at radius 2 is 1.84 bits per heavy atom. The zero-order valence-corrected chi connectivity index (χ0v) is 18.3. The summed E-state index contributed by atoms with van der Waals surface area (Å²) in [6.45, 7) is 5.91. The van der Waals surface area contributed by atoms with Crippen LogP contribution >= 0.6 is 0 Å². The molecule has 0 aliphatic carbocycles. The van der Waals surface area contributed by atoms with Crippen molar-refractivity contribution < 1.29 is 18.7 Å². The average Bonchev–Trinajstić information content (AvgIpc) is 3.34. The molecule has 2 aromatic carbocycles. The monoisotopic (exact) mass is 429 g/mol. The predicted molar refractivity (Wildman–Crippen MR) is 123 cm³/mol. The van der Waals surface area contributed by atoms with Crippen molar-refractivity contribution in [3.63, 3.8) is 0 Å². The standard InChI is InChI=1S/C25H23N3O4/c1-15-9-10-19(25(30)31-4)12-21(15)28-16(2)11-20(17(28)3)14-26-27-24(29)23-13-18-7-5-6-8-22(18)32-23/h5-14H,1-4H3,(H,27,29)/b26-14+. The summed E-state index contributed by atoms with van der Waals surface area (Å²) < 4.78 is 12.5. The van der Waals surface area contributed by atoms with E-state index in [1.165, 1.54) is 7.11 Å². The Morgan fingerprint density at radius 3 is 2.59 bits per heavy atom. The van der Waals surface area contributed by atoms with Gasteiger partial charge in [-0.2, -0.15) is 5.10 Å². The molecule has 0 fully saturated rings. The van der Waals surface area contributed by atoms with E-state index in [2.05, 4.69) is 10.5 Å². The fourth-order valence-corrected chi connectivity index (χ4v) is 3.69. The fraction of sp³-hybridized carbons (Fsp3) is 0.160. The van der Waals surface area contributed by atoms with E-state index in [1.807, 2.05) is 61.7 Å². The molecule has 4 rings (SSSR count). The minimum absolute atomic E-state index is 0.198. The number of aromatic nitrogens is 1. The first-order chi connectivity index (χ1) is 15.4. The maximum absolute atomic E-state index is 12.4. The number of furan rings is 1. The summed E-state index contributed by atoms with van der Waals surface area (Å²) in [5.74, 6) is -0.610. The third-order valence-electron chi connectivity index (χ3n) is 5.36. The number of rotatable bonds is 5. The van der Waals surface area contributed by atoms with Crippen LogP contribution in [0.4, 0.5) is 0 Å². The quantitative estimate of drug-likeness (QED) is 0.283. The summed E-state index contributed by atoms with van der Waals surface area (Å²) >= 11 is 0. The van der Waals surface area contributed by atoms with Crippen molar-refractivity contribution >= 4 is 29.1 Å². The summed E-state index contributed by atoms with van der Waals surface area (Å²) in [6.07, 6.45) is 1.60. The van der Waals surface area contributed by atoms with Crippen LogP contribution in [0.3, 0.4) is 0 Å². The van der Waals surface area contributed by atoms with Crippen LogP contribution in [0.15, 0.2) is 64.1 Å². The fourth-order valence-electron chi connectivity index (χ4n) is 3.69. The van der Waals surface area contributed by atoms with Crippen molar-refractivity contribution in [1.29, 1.82) is 0 Å². The van der Waals surface area contributed by atoms with E-state index < -0.39 is 5.91 Å². The van der Waals surface area contributed by atoms with Crippen molar-refractivity contribution in [3.05, 3.63) is 88.4 Å². The smallest absolute Gasteiger partial charge is 0.337 e. The number of esters is 1. The zero-order valence-electron chi connectivity index (χ0n) is 18.3. The number of aryl methyl sites for hydroxylation is 2. The third kappa shape index (κ3) is 3.92. The van der Waals surface area contributed by atoms with Gasteiger partial charge in [0.05, 0.1) is 18.9 Å². The highest BCUT2D eigenvalue weighted by Crippen LogP contribution is 2.24. The van der Waals surface area contributed by atoms with Gasteiger partial charge in [0.1, 0.15) is 5.58 Å². The molecule has 2 aromatic heterocycles. The molecule has 0 saturated heterocycles. The van der Waals surface area contributed by atoms with Crippen LogP contribution in [0.1, 0.15) is 43.4 Å². The Balaban J connectivity index is 1.57. The number of nitrogens with one attached hydrogen (secondary N) is 1. The van der Waals surface area contributed by atoms with Gasteiger partial charge in [-0.15, -0.1) is 0 Å². The van der Waals surface area contributed by atoms with Gasteiger partial charge < -0.3 is 13.7 Å². The Kier molecular flexibility index (Phi) is 5.64. The van der Waals surface area contributed by atoms with Crippen LogP contribution in [0, 0.1) is 20.8 Å². The van der Waals surface area contributed by atoms with Gasteiger partial charge in [0.25, 0.3) is 0 Å².